The molecule has 6 heteroatoms. The molecule has 0 aliphatic carbocycles. The highest BCUT2D eigenvalue weighted by atomic mass is 16.5. The summed E-state index contributed by atoms with van der Waals surface area (Å²) in [5.41, 5.74) is 3.00. The average Bonchev–Trinajstić information content (AvgIpc) is 2.68. The summed E-state index contributed by atoms with van der Waals surface area (Å²) in [7, 11) is 0. The number of carbonyl (C=O) groups excluding carboxylic acids is 3. The van der Waals surface area contributed by atoms with Crippen LogP contribution in [0.15, 0.2) is 48.5 Å². The van der Waals surface area contributed by atoms with Crippen LogP contribution in [0.1, 0.15) is 42.3 Å². The van der Waals surface area contributed by atoms with Gasteiger partial charge in [-0.3, -0.25) is 9.59 Å². The lowest BCUT2D eigenvalue weighted by Gasteiger charge is -2.23. The smallest absolute Gasteiger partial charge is 0.329 e. The van der Waals surface area contributed by atoms with Crippen LogP contribution < -0.4 is 10.6 Å². The zero-order valence-electron chi connectivity index (χ0n) is 17.5. The normalized spacial score (nSPS) is 12.8. The van der Waals surface area contributed by atoms with Crippen molar-refractivity contribution in [3.63, 3.8) is 0 Å². The molecular weight excluding hydrogens is 368 g/mol. The van der Waals surface area contributed by atoms with Crippen molar-refractivity contribution < 1.29 is 19.1 Å². The summed E-state index contributed by atoms with van der Waals surface area (Å²) in [6.45, 7) is 8.91. The molecule has 0 bridgehead atoms. The van der Waals surface area contributed by atoms with Gasteiger partial charge in [-0.15, -0.1) is 0 Å². The van der Waals surface area contributed by atoms with Gasteiger partial charge in [-0.25, -0.2) is 4.79 Å². The fraction of sp³-hybridized carbons (Fsp3) is 0.348. The second-order valence-corrected chi connectivity index (χ2v) is 7.40. The molecule has 0 fully saturated rings. The molecular formula is C23H28N2O4. The second kappa shape index (κ2) is 9.87. The number of benzene rings is 2. The molecule has 2 amide bonds. The number of carbonyl (C=O) groups is 3. The van der Waals surface area contributed by atoms with E-state index in [-0.39, 0.29) is 11.8 Å². The van der Waals surface area contributed by atoms with E-state index in [0.717, 1.165) is 11.1 Å². The van der Waals surface area contributed by atoms with Crippen LogP contribution in [0.2, 0.25) is 0 Å². The Morgan fingerprint density at radius 1 is 0.862 bits per heavy atom. The highest BCUT2D eigenvalue weighted by Crippen LogP contribution is 2.20. The Hall–Kier alpha value is -3.15. The van der Waals surface area contributed by atoms with Crippen LogP contribution in [-0.4, -0.2) is 29.9 Å². The van der Waals surface area contributed by atoms with E-state index in [2.05, 4.69) is 10.6 Å². The van der Waals surface area contributed by atoms with Crippen LogP contribution in [0, 0.1) is 19.8 Å². The van der Waals surface area contributed by atoms with Crippen molar-refractivity contribution in [2.75, 3.05) is 5.32 Å². The highest BCUT2D eigenvalue weighted by molar-refractivity contribution is 5.98. The molecule has 2 aromatic carbocycles. The first-order valence-electron chi connectivity index (χ1n) is 9.64. The van der Waals surface area contributed by atoms with Crippen LogP contribution in [-0.2, 0) is 14.3 Å². The number of anilines is 1. The van der Waals surface area contributed by atoms with E-state index >= 15 is 0 Å². The van der Waals surface area contributed by atoms with Gasteiger partial charge in [0.05, 0.1) is 0 Å². The van der Waals surface area contributed by atoms with Crippen LogP contribution in [0.25, 0.3) is 0 Å². The van der Waals surface area contributed by atoms with Crippen molar-refractivity contribution in [3.8, 4) is 0 Å². The predicted molar refractivity (Wildman–Crippen MR) is 113 cm³/mol. The minimum absolute atomic E-state index is 0.205. The van der Waals surface area contributed by atoms with Gasteiger partial charge in [0.15, 0.2) is 6.10 Å². The van der Waals surface area contributed by atoms with Gasteiger partial charge in [0, 0.05) is 11.3 Å². The fourth-order valence-corrected chi connectivity index (χ4v) is 2.85. The molecule has 2 atom stereocenters. The van der Waals surface area contributed by atoms with Crippen molar-refractivity contribution >= 4 is 23.5 Å². The summed E-state index contributed by atoms with van der Waals surface area (Å²) >= 11 is 0. The van der Waals surface area contributed by atoms with Crippen LogP contribution >= 0.6 is 0 Å². The Balaban J connectivity index is 2.03. The third-order valence-electron chi connectivity index (χ3n) is 4.63. The number of amides is 2. The largest absolute Gasteiger partial charge is 0.451 e. The topological polar surface area (TPSA) is 84.5 Å². The third-order valence-corrected chi connectivity index (χ3v) is 4.63. The molecule has 6 nitrogen and oxygen atoms in total. The third kappa shape index (κ3) is 5.91. The molecule has 1 unspecified atom stereocenters. The van der Waals surface area contributed by atoms with Crippen LogP contribution in [0.5, 0.6) is 0 Å². The van der Waals surface area contributed by atoms with E-state index in [1.807, 2.05) is 32.0 Å². The summed E-state index contributed by atoms with van der Waals surface area (Å²) in [4.78, 5) is 37.6. The number of rotatable bonds is 7. The summed E-state index contributed by atoms with van der Waals surface area (Å²) in [6.07, 6.45) is -1.00. The maximum atomic E-state index is 12.6. The van der Waals surface area contributed by atoms with Crippen molar-refractivity contribution in [3.05, 3.63) is 65.2 Å². The van der Waals surface area contributed by atoms with Crippen molar-refractivity contribution in [1.29, 1.82) is 0 Å². The first kappa shape index (κ1) is 22.1. The molecule has 0 heterocycles. The molecule has 2 rings (SSSR count). The van der Waals surface area contributed by atoms with Gasteiger partial charge in [-0.2, -0.15) is 0 Å². The maximum Gasteiger partial charge on any atom is 0.329 e. The molecule has 0 saturated heterocycles. The molecule has 0 aliphatic rings. The zero-order valence-corrected chi connectivity index (χ0v) is 17.5. The molecule has 0 aliphatic heterocycles. The minimum Gasteiger partial charge on any atom is -0.451 e. The van der Waals surface area contributed by atoms with Crippen molar-refractivity contribution in [1.82, 2.24) is 5.32 Å². The van der Waals surface area contributed by atoms with E-state index in [4.69, 9.17) is 4.74 Å². The average molecular weight is 396 g/mol. The molecule has 0 radical (unpaired) electrons. The Morgan fingerprint density at radius 3 is 2.00 bits per heavy atom. The lowest BCUT2D eigenvalue weighted by atomic mass is 10.0. The lowest BCUT2D eigenvalue weighted by molar-refractivity contribution is -0.156. The summed E-state index contributed by atoms with van der Waals surface area (Å²) in [5, 5.41) is 5.51. The number of aryl methyl sites for hydroxylation is 2. The fourth-order valence-electron chi connectivity index (χ4n) is 2.85. The Kier molecular flexibility index (Phi) is 7.53. The van der Waals surface area contributed by atoms with Gasteiger partial charge in [-0.1, -0.05) is 50.2 Å². The molecule has 0 aromatic heterocycles. The van der Waals surface area contributed by atoms with Crippen molar-refractivity contribution in [2.24, 2.45) is 5.92 Å². The zero-order chi connectivity index (χ0) is 21.6. The van der Waals surface area contributed by atoms with Gasteiger partial charge < -0.3 is 15.4 Å². The first-order valence-corrected chi connectivity index (χ1v) is 9.64. The molecule has 154 valence electrons. The highest BCUT2D eigenvalue weighted by Gasteiger charge is 2.29. The van der Waals surface area contributed by atoms with E-state index < -0.39 is 24.0 Å². The summed E-state index contributed by atoms with van der Waals surface area (Å²) in [6, 6.07) is 13.5. The van der Waals surface area contributed by atoms with Crippen LogP contribution in [0.3, 0.4) is 0 Å². The monoisotopic (exact) mass is 396 g/mol. The van der Waals surface area contributed by atoms with Crippen LogP contribution in [0.4, 0.5) is 5.69 Å². The molecule has 29 heavy (non-hydrogen) atoms. The van der Waals surface area contributed by atoms with Gasteiger partial charge in [0.25, 0.3) is 11.8 Å². The summed E-state index contributed by atoms with van der Waals surface area (Å²) in [5.74, 6) is -1.64. The number of para-hydroxylation sites is 1. The quantitative estimate of drug-likeness (QED) is 0.700. The van der Waals surface area contributed by atoms with Gasteiger partial charge in [0.2, 0.25) is 0 Å². The second-order valence-electron chi connectivity index (χ2n) is 7.40. The van der Waals surface area contributed by atoms with E-state index in [1.54, 1.807) is 44.2 Å². The Bertz CT molecular complexity index is 857. The predicted octanol–water partition coefficient (Wildman–Crippen LogP) is 3.63. The number of ether oxygens (including phenoxy) is 1. The van der Waals surface area contributed by atoms with E-state index in [1.165, 1.54) is 6.92 Å². The number of hydrogen-bond donors (Lipinski definition) is 2. The molecule has 2 N–H and O–H groups in total. The minimum atomic E-state index is -1.00. The number of hydrogen-bond acceptors (Lipinski definition) is 4. The SMILES string of the molecule is Cc1cccc(C)c1NC(=O)C(C)OC(=O)[C@@H](NC(=O)c1ccccc1)C(C)C. The summed E-state index contributed by atoms with van der Waals surface area (Å²) < 4.78 is 5.36. The Morgan fingerprint density at radius 2 is 1.45 bits per heavy atom. The molecule has 0 saturated carbocycles. The number of esters is 1. The van der Waals surface area contributed by atoms with Gasteiger partial charge in [-0.05, 0) is 49.9 Å². The maximum absolute atomic E-state index is 12.6. The van der Waals surface area contributed by atoms with E-state index in [0.29, 0.717) is 11.3 Å². The van der Waals surface area contributed by atoms with E-state index in [9.17, 15) is 14.4 Å². The van der Waals surface area contributed by atoms with Gasteiger partial charge in [0.1, 0.15) is 6.04 Å². The molecule has 2 aromatic rings. The molecule has 0 spiro atoms. The number of nitrogens with one attached hydrogen (secondary N) is 2. The van der Waals surface area contributed by atoms with Crippen molar-refractivity contribution in [2.45, 2.75) is 46.8 Å². The first-order chi connectivity index (χ1) is 13.7. The standard InChI is InChI=1S/C23H28N2O4/c1-14(2)19(24-22(27)18-12-7-6-8-13-18)23(28)29-17(5)21(26)25-20-15(3)10-9-11-16(20)4/h6-14,17,19H,1-5H3,(H,24,27)(H,25,26)/t17?,19-/m0/s1. The Labute approximate surface area is 171 Å². The van der Waals surface area contributed by atoms with Gasteiger partial charge >= 0.3 is 5.97 Å². The lowest BCUT2D eigenvalue weighted by Crippen LogP contribution is -2.47.